The van der Waals surface area contributed by atoms with E-state index >= 15 is 0 Å². The van der Waals surface area contributed by atoms with Crippen molar-refractivity contribution in [1.29, 1.82) is 0 Å². The van der Waals surface area contributed by atoms with Crippen LogP contribution in [0.2, 0.25) is 0 Å². The quantitative estimate of drug-likeness (QED) is 0.677. The van der Waals surface area contributed by atoms with Gasteiger partial charge in [-0.1, -0.05) is 30.3 Å². The standard InChI is InChI=1S/C23H18N2O5/c26-19-10-5-11-24-17-9-4-3-6-13(17)16(20(19)24)12-18(23(29)30)25-21(27)14-7-1-2-8-15(14)22(25)28/h1-4,6-9,18H,5,10-12H2,(H,29,30)/t18-/m0/s1. The summed E-state index contributed by atoms with van der Waals surface area (Å²) < 4.78 is 1.93. The number of fused-ring (bicyclic) bond motifs is 4. The predicted molar refractivity (Wildman–Crippen MR) is 108 cm³/mol. The second-order valence-corrected chi connectivity index (χ2v) is 7.61. The van der Waals surface area contributed by atoms with Gasteiger partial charge in [-0.2, -0.15) is 0 Å². The highest BCUT2D eigenvalue weighted by atomic mass is 16.4. The maximum Gasteiger partial charge on any atom is 0.327 e. The van der Waals surface area contributed by atoms with Gasteiger partial charge in [0.25, 0.3) is 11.8 Å². The molecule has 0 aliphatic carbocycles. The lowest BCUT2D eigenvalue weighted by atomic mass is 9.97. The zero-order chi connectivity index (χ0) is 21.0. The van der Waals surface area contributed by atoms with Crippen LogP contribution < -0.4 is 0 Å². The average Bonchev–Trinajstić information content (AvgIpc) is 3.20. The van der Waals surface area contributed by atoms with Crippen LogP contribution in [0, 0.1) is 0 Å². The van der Waals surface area contributed by atoms with E-state index in [1.165, 1.54) is 12.1 Å². The van der Waals surface area contributed by atoms with Crippen LogP contribution in [0.4, 0.5) is 0 Å². The molecular formula is C23H18N2O5. The number of imide groups is 1. The lowest BCUT2D eigenvalue weighted by molar-refractivity contribution is -0.141. The second kappa shape index (κ2) is 6.66. The van der Waals surface area contributed by atoms with Gasteiger partial charge in [0.05, 0.1) is 16.8 Å². The molecule has 2 aliphatic heterocycles. The van der Waals surface area contributed by atoms with Crippen LogP contribution in [0.15, 0.2) is 48.5 Å². The van der Waals surface area contributed by atoms with Crippen LogP contribution in [0.3, 0.4) is 0 Å². The van der Waals surface area contributed by atoms with Gasteiger partial charge in [0.1, 0.15) is 6.04 Å². The molecule has 0 radical (unpaired) electrons. The number of hydrogen-bond donors (Lipinski definition) is 1. The molecule has 2 aliphatic rings. The van der Waals surface area contributed by atoms with E-state index in [0.717, 1.165) is 22.2 Å². The number of aromatic nitrogens is 1. The minimum Gasteiger partial charge on any atom is -0.480 e. The number of carbonyl (C=O) groups excluding carboxylic acids is 3. The Balaban J connectivity index is 1.63. The van der Waals surface area contributed by atoms with Crippen molar-refractivity contribution in [3.05, 3.63) is 70.9 Å². The second-order valence-electron chi connectivity index (χ2n) is 7.61. The molecule has 0 saturated carbocycles. The molecule has 0 bridgehead atoms. The van der Waals surface area contributed by atoms with Gasteiger partial charge in [0.2, 0.25) is 0 Å². The number of benzene rings is 2. The summed E-state index contributed by atoms with van der Waals surface area (Å²) in [5.41, 5.74) is 2.34. The first-order valence-corrected chi connectivity index (χ1v) is 9.82. The molecule has 1 atom stereocenters. The fourth-order valence-corrected chi connectivity index (χ4v) is 4.62. The fourth-order valence-electron chi connectivity index (χ4n) is 4.62. The molecule has 7 nitrogen and oxygen atoms in total. The molecule has 2 aromatic carbocycles. The normalized spacial score (nSPS) is 16.7. The van der Waals surface area contributed by atoms with Crippen LogP contribution in [0.1, 0.15) is 49.6 Å². The number of carboxylic acid groups (broad SMARTS) is 1. The van der Waals surface area contributed by atoms with Gasteiger partial charge in [-0.05, 0) is 30.2 Å². The Kier molecular flexibility index (Phi) is 4.06. The Morgan fingerprint density at radius 2 is 1.60 bits per heavy atom. The molecule has 0 unspecified atom stereocenters. The van der Waals surface area contributed by atoms with E-state index in [0.29, 0.717) is 24.2 Å². The predicted octanol–water partition coefficient (Wildman–Crippen LogP) is 2.91. The van der Waals surface area contributed by atoms with Crippen LogP contribution in [0.25, 0.3) is 10.9 Å². The van der Waals surface area contributed by atoms with Gasteiger partial charge in [0, 0.05) is 30.3 Å². The number of Topliss-reactive ketones (excluding diaryl/α,β-unsaturated/α-hetero) is 1. The minimum atomic E-state index is -1.40. The molecule has 150 valence electrons. The van der Waals surface area contributed by atoms with Crippen molar-refractivity contribution < 1.29 is 24.3 Å². The molecule has 0 fully saturated rings. The summed E-state index contributed by atoms with van der Waals surface area (Å²) >= 11 is 0. The summed E-state index contributed by atoms with van der Waals surface area (Å²) in [5, 5.41) is 10.7. The summed E-state index contributed by atoms with van der Waals surface area (Å²) in [4.78, 5) is 51.5. The first-order valence-electron chi connectivity index (χ1n) is 9.82. The van der Waals surface area contributed by atoms with Gasteiger partial charge in [-0.25, -0.2) is 4.79 Å². The van der Waals surface area contributed by atoms with Crippen molar-refractivity contribution in [2.45, 2.75) is 31.8 Å². The number of aryl methyl sites for hydroxylation is 1. The number of nitrogens with zero attached hydrogens (tertiary/aromatic N) is 2. The molecule has 1 N–H and O–H groups in total. The van der Waals surface area contributed by atoms with Crippen molar-refractivity contribution >= 4 is 34.5 Å². The first-order chi connectivity index (χ1) is 14.5. The molecule has 7 heteroatoms. The van der Waals surface area contributed by atoms with Crippen LogP contribution in [0.5, 0.6) is 0 Å². The minimum absolute atomic E-state index is 0.0426. The fraction of sp³-hybridized carbons (Fsp3) is 0.217. The topological polar surface area (TPSA) is 96.7 Å². The number of aliphatic carboxylic acids is 1. The maximum absolute atomic E-state index is 12.9. The first kappa shape index (κ1) is 18.3. The Hall–Kier alpha value is -3.74. The van der Waals surface area contributed by atoms with Crippen LogP contribution in [-0.2, 0) is 17.8 Å². The Morgan fingerprint density at radius 1 is 0.967 bits per heavy atom. The monoisotopic (exact) mass is 402 g/mol. The Morgan fingerprint density at radius 3 is 2.27 bits per heavy atom. The average molecular weight is 402 g/mol. The van der Waals surface area contributed by atoms with E-state index in [4.69, 9.17) is 0 Å². The highest BCUT2D eigenvalue weighted by molar-refractivity contribution is 6.22. The van der Waals surface area contributed by atoms with E-state index in [-0.39, 0.29) is 23.3 Å². The van der Waals surface area contributed by atoms with E-state index in [1.807, 2.05) is 28.8 Å². The SMILES string of the molecule is O=C1CCCn2c1c(C[C@@H](C(=O)O)N1C(=O)c3ccccc3C1=O)c1ccccc12. The number of para-hydroxylation sites is 1. The molecule has 30 heavy (non-hydrogen) atoms. The van der Waals surface area contributed by atoms with Gasteiger partial charge in [-0.3, -0.25) is 19.3 Å². The largest absolute Gasteiger partial charge is 0.480 e. The summed E-state index contributed by atoms with van der Waals surface area (Å²) in [6, 6.07) is 12.4. The molecule has 0 saturated heterocycles. The number of rotatable bonds is 4. The number of hydrogen-bond acceptors (Lipinski definition) is 4. The van der Waals surface area contributed by atoms with E-state index in [1.54, 1.807) is 12.1 Å². The smallest absolute Gasteiger partial charge is 0.327 e. The molecular weight excluding hydrogens is 384 g/mol. The van der Waals surface area contributed by atoms with Gasteiger partial charge < -0.3 is 9.67 Å². The number of carbonyl (C=O) groups is 4. The van der Waals surface area contributed by atoms with Gasteiger partial charge in [-0.15, -0.1) is 0 Å². The lowest BCUT2D eigenvalue weighted by Crippen LogP contribution is -2.46. The summed E-state index contributed by atoms with van der Waals surface area (Å²) in [7, 11) is 0. The van der Waals surface area contributed by atoms with Crippen LogP contribution >= 0.6 is 0 Å². The van der Waals surface area contributed by atoms with Crippen molar-refractivity contribution in [2.75, 3.05) is 0 Å². The molecule has 1 aromatic heterocycles. The van der Waals surface area contributed by atoms with Gasteiger partial charge >= 0.3 is 5.97 Å². The third kappa shape index (κ3) is 2.51. The van der Waals surface area contributed by atoms with E-state index in [9.17, 15) is 24.3 Å². The molecule has 3 heterocycles. The highest BCUT2D eigenvalue weighted by Gasteiger charge is 2.43. The Bertz CT molecular complexity index is 1220. The van der Waals surface area contributed by atoms with Crippen molar-refractivity contribution in [2.24, 2.45) is 0 Å². The number of amides is 2. The zero-order valence-electron chi connectivity index (χ0n) is 16.0. The van der Waals surface area contributed by atoms with E-state index < -0.39 is 23.8 Å². The van der Waals surface area contributed by atoms with Crippen molar-refractivity contribution in [3.8, 4) is 0 Å². The molecule has 5 rings (SSSR count). The molecule has 0 spiro atoms. The van der Waals surface area contributed by atoms with Crippen molar-refractivity contribution in [3.63, 3.8) is 0 Å². The summed E-state index contributed by atoms with van der Waals surface area (Å²) in [6.45, 7) is 0.673. The maximum atomic E-state index is 12.9. The Labute approximate surface area is 171 Å². The number of carboxylic acids is 1. The summed E-state index contributed by atoms with van der Waals surface area (Å²) in [6.07, 6.45) is 1.01. The molecule has 2 amide bonds. The third-order valence-corrected chi connectivity index (χ3v) is 5.95. The lowest BCUT2D eigenvalue weighted by Gasteiger charge is -2.23. The van der Waals surface area contributed by atoms with Crippen molar-refractivity contribution in [1.82, 2.24) is 9.47 Å². The third-order valence-electron chi connectivity index (χ3n) is 5.95. The number of ketones is 1. The summed E-state index contributed by atoms with van der Waals surface area (Å²) in [5.74, 6) is -2.56. The molecule has 3 aromatic rings. The highest BCUT2D eigenvalue weighted by Crippen LogP contribution is 2.33. The van der Waals surface area contributed by atoms with E-state index in [2.05, 4.69) is 0 Å². The van der Waals surface area contributed by atoms with Crippen LogP contribution in [-0.4, -0.2) is 44.2 Å². The zero-order valence-corrected chi connectivity index (χ0v) is 16.0. The van der Waals surface area contributed by atoms with Gasteiger partial charge in [0.15, 0.2) is 5.78 Å².